The van der Waals surface area contributed by atoms with Crippen LogP contribution in [0.25, 0.3) is 0 Å². The van der Waals surface area contributed by atoms with Gasteiger partial charge in [0.05, 0.1) is 18.7 Å². The zero-order valence-electron chi connectivity index (χ0n) is 18.1. The maximum Gasteiger partial charge on any atom is 0.169 e. The van der Waals surface area contributed by atoms with Gasteiger partial charge in [-0.25, -0.2) is 4.68 Å². The summed E-state index contributed by atoms with van der Waals surface area (Å²) in [7, 11) is 1.74. The molecule has 28 heavy (non-hydrogen) atoms. The van der Waals surface area contributed by atoms with E-state index in [1.54, 1.807) is 7.11 Å². The van der Waals surface area contributed by atoms with E-state index in [-0.39, 0.29) is 11.6 Å². The molecular formula is C21H34N6O. The molecule has 7 nitrogen and oxygen atoms in total. The molecule has 3 rings (SSSR count). The molecule has 0 bridgehead atoms. The first kappa shape index (κ1) is 20.7. The van der Waals surface area contributed by atoms with Crippen LogP contribution in [0.3, 0.4) is 0 Å². The Morgan fingerprint density at radius 2 is 1.75 bits per heavy atom. The predicted molar refractivity (Wildman–Crippen MR) is 110 cm³/mol. The molecule has 0 aliphatic carbocycles. The average molecular weight is 387 g/mol. The van der Waals surface area contributed by atoms with Gasteiger partial charge in [0.2, 0.25) is 0 Å². The van der Waals surface area contributed by atoms with Crippen molar-refractivity contribution in [1.82, 2.24) is 30.0 Å². The highest BCUT2D eigenvalue weighted by atomic mass is 16.5. The molecule has 7 heteroatoms. The number of piperazine rings is 1. The van der Waals surface area contributed by atoms with Crippen LogP contribution in [0, 0.1) is 5.92 Å². The third kappa shape index (κ3) is 4.52. The van der Waals surface area contributed by atoms with Crippen LogP contribution < -0.4 is 4.74 Å². The monoisotopic (exact) mass is 386 g/mol. The fraction of sp³-hybridized carbons (Fsp3) is 0.667. The first-order chi connectivity index (χ1) is 13.3. The molecule has 2 heterocycles. The molecule has 1 aliphatic heterocycles. The van der Waals surface area contributed by atoms with Crippen molar-refractivity contribution in [3.63, 3.8) is 0 Å². The van der Waals surface area contributed by atoms with Crippen molar-refractivity contribution in [3.05, 3.63) is 35.7 Å². The van der Waals surface area contributed by atoms with E-state index in [1.165, 1.54) is 5.56 Å². The van der Waals surface area contributed by atoms with Crippen molar-refractivity contribution in [2.45, 2.75) is 52.7 Å². The number of ether oxygens (including phenoxy) is 1. The van der Waals surface area contributed by atoms with Gasteiger partial charge in [-0.2, -0.15) is 0 Å². The second-order valence-electron chi connectivity index (χ2n) is 8.93. The van der Waals surface area contributed by atoms with Crippen molar-refractivity contribution < 1.29 is 4.74 Å². The Bertz CT molecular complexity index is 758. The summed E-state index contributed by atoms with van der Waals surface area (Å²) in [5, 5.41) is 12.7. The Morgan fingerprint density at radius 1 is 1.07 bits per heavy atom. The third-order valence-corrected chi connectivity index (χ3v) is 5.41. The van der Waals surface area contributed by atoms with E-state index in [0.29, 0.717) is 5.92 Å². The van der Waals surface area contributed by atoms with Crippen molar-refractivity contribution in [2.75, 3.05) is 33.3 Å². The second kappa shape index (κ2) is 8.57. The number of hydrogen-bond donors (Lipinski definition) is 0. The number of nitrogens with zero attached hydrogens (tertiary/aromatic N) is 6. The van der Waals surface area contributed by atoms with Gasteiger partial charge in [-0.3, -0.25) is 9.80 Å². The number of hydrogen-bond acceptors (Lipinski definition) is 6. The molecule has 0 N–H and O–H groups in total. The number of methoxy groups -OCH3 is 1. The minimum absolute atomic E-state index is 0.127. The average Bonchev–Trinajstić information content (AvgIpc) is 3.13. The summed E-state index contributed by atoms with van der Waals surface area (Å²) in [6.07, 6.45) is 0. The number of tetrazole rings is 1. The van der Waals surface area contributed by atoms with Crippen LogP contribution in [0.1, 0.15) is 52.0 Å². The van der Waals surface area contributed by atoms with Crippen LogP contribution in [-0.2, 0) is 12.1 Å². The van der Waals surface area contributed by atoms with Gasteiger partial charge >= 0.3 is 0 Å². The Labute approximate surface area is 168 Å². The molecule has 0 amide bonds. The molecule has 1 aliphatic rings. The maximum absolute atomic E-state index is 5.51. The summed E-state index contributed by atoms with van der Waals surface area (Å²) >= 11 is 0. The highest BCUT2D eigenvalue weighted by Gasteiger charge is 2.33. The van der Waals surface area contributed by atoms with Crippen LogP contribution in [0.4, 0.5) is 0 Å². The number of para-hydroxylation sites is 1. The molecule has 1 aromatic heterocycles. The van der Waals surface area contributed by atoms with E-state index in [9.17, 15) is 0 Å². The molecular weight excluding hydrogens is 352 g/mol. The van der Waals surface area contributed by atoms with Crippen LogP contribution in [0.5, 0.6) is 5.75 Å². The summed E-state index contributed by atoms with van der Waals surface area (Å²) in [4.78, 5) is 5.04. The molecule has 2 aromatic rings. The molecule has 154 valence electrons. The van der Waals surface area contributed by atoms with Crippen LogP contribution in [-0.4, -0.2) is 63.3 Å². The molecule has 0 unspecified atom stereocenters. The van der Waals surface area contributed by atoms with Crippen molar-refractivity contribution in [3.8, 4) is 5.75 Å². The molecule has 1 saturated heterocycles. The minimum Gasteiger partial charge on any atom is -0.496 e. The summed E-state index contributed by atoms with van der Waals surface area (Å²) in [5.41, 5.74) is 1.12. The molecule has 0 spiro atoms. The van der Waals surface area contributed by atoms with E-state index in [4.69, 9.17) is 4.74 Å². The predicted octanol–water partition coefficient (Wildman–Crippen LogP) is 2.95. The summed E-state index contributed by atoms with van der Waals surface area (Å²) in [6, 6.07) is 8.51. The van der Waals surface area contributed by atoms with E-state index in [1.807, 2.05) is 16.8 Å². The first-order valence-corrected chi connectivity index (χ1v) is 10.2. The van der Waals surface area contributed by atoms with Crippen molar-refractivity contribution in [2.24, 2.45) is 5.92 Å². The lowest BCUT2D eigenvalue weighted by Gasteiger charge is -2.41. The van der Waals surface area contributed by atoms with Crippen LogP contribution >= 0.6 is 0 Å². The third-order valence-electron chi connectivity index (χ3n) is 5.41. The fourth-order valence-electron chi connectivity index (χ4n) is 4.01. The molecule has 1 aromatic carbocycles. The normalized spacial score (nSPS) is 17.8. The highest BCUT2D eigenvalue weighted by Crippen LogP contribution is 2.30. The van der Waals surface area contributed by atoms with Gasteiger partial charge in [0.1, 0.15) is 5.75 Å². The highest BCUT2D eigenvalue weighted by molar-refractivity contribution is 5.33. The number of rotatable bonds is 6. The van der Waals surface area contributed by atoms with Gasteiger partial charge in [-0.1, -0.05) is 32.0 Å². The van der Waals surface area contributed by atoms with Crippen LogP contribution in [0.15, 0.2) is 24.3 Å². The lowest BCUT2D eigenvalue weighted by atomic mass is 9.99. The Hall–Kier alpha value is -1.99. The first-order valence-electron chi connectivity index (χ1n) is 10.2. The van der Waals surface area contributed by atoms with Crippen LogP contribution in [0.2, 0.25) is 0 Å². The minimum atomic E-state index is -0.127. The fourth-order valence-corrected chi connectivity index (χ4v) is 4.01. The zero-order chi connectivity index (χ0) is 20.3. The van der Waals surface area contributed by atoms with Gasteiger partial charge in [0.25, 0.3) is 0 Å². The quantitative estimate of drug-likeness (QED) is 0.761. The summed E-state index contributed by atoms with van der Waals surface area (Å²) in [5.74, 6) is 2.38. The van der Waals surface area contributed by atoms with Gasteiger partial charge in [-0.15, -0.1) is 5.10 Å². The number of aromatic nitrogens is 4. The van der Waals surface area contributed by atoms with Gasteiger partial charge < -0.3 is 4.74 Å². The molecule has 1 atom stereocenters. The topological polar surface area (TPSA) is 59.3 Å². The van der Waals surface area contributed by atoms with Gasteiger partial charge in [0.15, 0.2) is 5.82 Å². The molecule has 0 radical (unpaired) electrons. The lowest BCUT2D eigenvalue weighted by Crippen LogP contribution is -2.49. The Balaban J connectivity index is 1.69. The molecule has 1 fully saturated rings. The number of benzene rings is 1. The van der Waals surface area contributed by atoms with Crippen molar-refractivity contribution in [1.29, 1.82) is 0 Å². The summed E-state index contributed by atoms with van der Waals surface area (Å²) in [6.45, 7) is 16.0. The Kier molecular flexibility index (Phi) is 6.35. The smallest absolute Gasteiger partial charge is 0.169 e. The van der Waals surface area contributed by atoms with E-state index < -0.39 is 0 Å². The second-order valence-corrected chi connectivity index (χ2v) is 8.93. The zero-order valence-corrected chi connectivity index (χ0v) is 18.1. The Morgan fingerprint density at radius 3 is 2.36 bits per heavy atom. The van der Waals surface area contributed by atoms with E-state index >= 15 is 0 Å². The lowest BCUT2D eigenvalue weighted by molar-refractivity contribution is 0.0635. The van der Waals surface area contributed by atoms with Crippen molar-refractivity contribution >= 4 is 0 Å². The van der Waals surface area contributed by atoms with E-state index in [0.717, 1.165) is 44.3 Å². The maximum atomic E-state index is 5.51. The van der Waals surface area contributed by atoms with Gasteiger partial charge in [0, 0.05) is 38.3 Å². The van der Waals surface area contributed by atoms with E-state index in [2.05, 4.69) is 72.1 Å². The molecule has 0 saturated carbocycles. The standard InChI is InChI=1S/C21H34N6O/c1-16(2)19(20-22-23-24-27(20)21(3,4)5)26-13-11-25(12-14-26)15-17-9-7-8-10-18(17)28-6/h7-10,16,19H,11-15H2,1-6H3/t19-/m1/s1. The SMILES string of the molecule is COc1ccccc1CN1CCN([C@@H](c2nnnn2C(C)(C)C)C(C)C)CC1. The van der Waals surface area contributed by atoms with Gasteiger partial charge in [-0.05, 0) is 43.2 Å². The summed E-state index contributed by atoms with van der Waals surface area (Å²) < 4.78 is 7.49. The largest absolute Gasteiger partial charge is 0.496 e.